The number of hydrogen-bond acceptors (Lipinski definition) is 5. The summed E-state index contributed by atoms with van der Waals surface area (Å²) in [5.41, 5.74) is 2.68. The Bertz CT molecular complexity index is 1320. The molecule has 0 unspecified atom stereocenters. The number of ether oxygens (including phenoxy) is 2. The van der Waals surface area contributed by atoms with Crippen LogP contribution in [0.5, 0.6) is 5.75 Å². The lowest BCUT2D eigenvalue weighted by molar-refractivity contribution is -0.139. The first-order valence-corrected chi connectivity index (χ1v) is 11.7. The molecule has 0 saturated carbocycles. The van der Waals surface area contributed by atoms with E-state index >= 15 is 0 Å². The van der Waals surface area contributed by atoms with E-state index in [4.69, 9.17) is 9.47 Å². The quantitative estimate of drug-likeness (QED) is 0.199. The zero-order valence-corrected chi connectivity index (χ0v) is 20.3. The zero-order chi connectivity index (χ0) is 26.5. The lowest BCUT2D eigenvalue weighted by Crippen LogP contribution is -2.55. The van der Waals surface area contributed by atoms with Gasteiger partial charge in [-0.2, -0.15) is 0 Å². The van der Waals surface area contributed by atoms with E-state index in [0.29, 0.717) is 29.0 Å². The number of β-lactam (4-membered cyclic amide) rings is 1. The molecule has 2 atom stereocenters. The van der Waals surface area contributed by atoms with E-state index in [-0.39, 0.29) is 26.0 Å². The van der Waals surface area contributed by atoms with E-state index in [1.54, 1.807) is 53.4 Å². The van der Waals surface area contributed by atoms with Crippen LogP contribution in [0.2, 0.25) is 0 Å². The van der Waals surface area contributed by atoms with Crippen LogP contribution in [0.4, 0.5) is 14.5 Å². The molecule has 1 aliphatic rings. The van der Waals surface area contributed by atoms with Gasteiger partial charge in [-0.25, -0.2) is 8.78 Å². The van der Waals surface area contributed by atoms with Crippen LogP contribution in [0.3, 0.4) is 0 Å². The first-order valence-electron chi connectivity index (χ1n) is 11.7. The Labute approximate surface area is 220 Å². The lowest BCUT2D eigenvalue weighted by atomic mass is 9.79. The number of benzene rings is 3. The van der Waals surface area contributed by atoms with E-state index < -0.39 is 29.5 Å². The average molecular weight is 522 g/mol. The second kappa shape index (κ2) is 12.3. The number of carbonyl (C=O) groups is 3. The highest BCUT2D eigenvalue weighted by atomic mass is 19.1. The summed E-state index contributed by atoms with van der Waals surface area (Å²) < 4.78 is 37.3. The molecule has 3 aromatic rings. The monoisotopic (exact) mass is 521 g/mol. The molecule has 3 aromatic carbocycles. The van der Waals surface area contributed by atoms with Crippen LogP contribution in [0.1, 0.15) is 44.9 Å². The third kappa shape index (κ3) is 6.51. The SMILES string of the molecule is C.CC(=O)OC/C(=C\C[C@H]1C(=O)N(c2ccc(F)cc2)[C@@H]1c1ccc(OC(C)=O)cc1)c1ccc(F)cc1. The predicted molar refractivity (Wildman–Crippen MR) is 140 cm³/mol. The lowest BCUT2D eigenvalue weighted by Gasteiger charge is -2.47. The van der Waals surface area contributed by atoms with E-state index in [0.717, 1.165) is 5.56 Å². The first-order chi connectivity index (χ1) is 17.7. The third-order valence-electron chi connectivity index (χ3n) is 6.07. The van der Waals surface area contributed by atoms with E-state index in [1.807, 2.05) is 6.08 Å². The summed E-state index contributed by atoms with van der Waals surface area (Å²) in [5, 5.41) is 0. The number of esters is 2. The van der Waals surface area contributed by atoms with Crippen molar-refractivity contribution in [3.8, 4) is 5.75 Å². The fourth-order valence-corrected chi connectivity index (χ4v) is 4.32. The minimum atomic E-state index is -0.461. The second-order valence-corrected chi connectivity index (χ2v) is 8.65. The molecule has 1 saturated heterocycles. The third-order valence-corrected chi connectivity index (χ3v) is 6.07. The molecule has 0 spiro atoms. The summed E-state index contributed by atoms with van der Waals surface area (Å²) in [6.45, 7) is 2.59. The normalized spacial score (nSPS) is 16.8. The van der Waals surface area contributed by atoms with Gasteiger partial charge in [0.25, 0.3) is 0 Å². The van der Waals surface area contributed by atoms with Crippen molar-refractivity contribution in [2.24, 2.45) is 5.92 Å². The topological polar surface area (TPSA) is 72.9 Å². The van der Waals surface area contributed by atoms with Crippen LogP contribution < -0.4 is 9.64 Å². The number of rotatable bonds is 8. The van der Waals surface area contributed by atoms with Crippen LogP contribution in [-0.4, -0.2) is 24.5 Å². The van der Waals surface area contributed by atoms with Gasteiger partial charge in [0.1, 0.15) is 24.0 Å². The molecule has 1 aliphatic heterocycles. The number of hydrogen-bond donors (Lipinski definition) is 0. The summed E-state index contributed by atoms with van der Waals surface area (Å²) in [6.07, 6.45) is 2.14. The Kier molecular flexibility index (Phi) is 9.12. The maximum atomic E-state index is 13.5. The molecule has 38 heavy (non-hydrogen) atoms. The van der Waals surface area contributed by atoms with Crippen molar-refractivity contribution in [1.82, 2.24) is 0 Å². The smallest absolute Gasteiger partial charge is 0.308 e. The van der Waals surface area contributed by atoms with Crippen LogP contribution >= 0.6 is 0 Å². The molecule has 0 N–H and O–H groups in total. The van der Waals surface area contributed by atoms with Gasteiger partial charge in [0.15, 0.2) is 0 Å². The van der Waals surface area contributed by atoms with Crippen molar-refractivity contribution in [1.29, 1.82) is 0 Å². The summed E-state index contributed by atoms with van der Waals surface area (Å²) in [4.78, 5) is 37.6. The summed E-state index contributed by atoms with van der Waals surface area (Å²) in [6, 6.07) is 18.0. The molecule has 0 radical (unpaired) electrons. The summed E-state index contributed by atoms with van der Waals surface area (Å²) in [5.74, 6) is -1.93. The first kappa shape index (κ1) is 28.2. The van der Waals surface area contributed by atoms with Crippen LogP contribution in [-0.2, 0) is 19.1 Å². The highest BCUT2D eigenvalue weighted by Crippen LogP contribution is 2.46. The Morgan fingerprint density at radius 1 is 0.868 bits per heavy atom. The maximum absolute atomic E-state index is 13.5. The minimum Gasteiger partial charge on any atom is -0.461 e. The highest BCUT2D eigenvalue weighted by molar-refractivity contribution is 6.03. The summed E-state index contributed by atoms with van der Waals surface area (Å²) in [7, 11) is 0. The Hall–Kier alpha value is -4.33. The van der Waals surface area contributed by atoms with Crippen LogP contribution in [0, 0.1) is 17.6 Å². The van der Waals surface area contributed by atoms with Crippen LogP contribution in [0.25, 0.3) is 5.57 Å². The van der Waals surface area contributed by atoms with Gasteiger partial charge in [-0.3, -0.25) is 14.4 Å². The number of halogens is 2. The van der Waals surface area contributed by atoms with Crippen molar-refractivity contribution in [3.05, 3.63) is 102 Å². The molecule has 0 aromatic heterocycles. The molecule has 8 heteroatoms. The predicted octanol–water partition coefficient (Wildman–Crippen LogP) is 6.27. The number of anilines is 1. The van der Waals surface area contributed by atoms with E-state index in [1.165, 1.54) is 38.1 Å². The van der Waals surface area contributed by atoms with E-state index in [2.05, 4.69) is 0 Å². The van der Waals surface area contributed by atoms with Crippen LogP contribution in [0.15, 0.2) is 78.9 Å². The van der Waals surface area contributed by atoms with Gasteiger partial charge in [-0.15, -0.1) is 0 Å². The van der Waals surface area contributed by atoms with Gasteiger partial charge in [-0.05, 0) is 71.7 Å². The fraction of sp³-hybridized carbons (Fsp3) is 0.233. The molecule has 1 fully saturated rings. The van der Waals surface area contributed by atoms with Gasteiger partial charge >= 0.3 is 11.9 Å². The Morgan fingerprint density at radius 2 is 1.45 bits per heavy atom. The fourth-order valence-electron chi connectivity index (χ4n) is 4.32. The van der Waals surface area contributed by atoms with Crippen molar-refractivity contribution in [2.45, 2.75) is 33.7 Å². The molecule has 1 amide bonds. The number of carbonyl (C=O) groups excluding carboxylic acids is 3. The molecule has 198 valence electrons. The second-order valence-electron chi connectivity index (χ2n) is 8.65. The molecule has 1 heterocycles. The largest absolute Gasteiger partial charge is 0.461 e. The average Bonchev–Trinajstić information content (AvgIpc) is 2.86. The van der Waals surface area contributed by atoms with E-state index in [9.17, 15) is 23.2 Å². The zero-order valence-electron chi connectivity index (χ0n) is 20.3. The standard InChI is InChI=1S/C29H25F2NO5.CH4/c1-18(33)36-17-22(20-3-8-23(30)9-4-20)7-16-27-28(21-5-14-26(15-6-21)37-19(2)34)32(29(27)35)25-12-10-24(31)11-13-25;/h3-15,27-28H,16-17H2,1-2H3;1H4/b22-7+;/t27-,28-;/m1./s1. The maximum Gasteiger partial charge on any atom is 0.308 e. The van der Waals surface area contributed by atoms with Gasteiger partial charge in [0.2, 0.25) is 5.91 Å². The highest BCUT2D eigenvalue weighted by Gasteiger charge is 2.48. The molecule has 6 nitrogen and oxygen atoms in total. The number of nitrogens with zero attached hydrogens (tertiary/aromatic N) is 1. The van der Waals surface area contributed by atoms with Gasteiger partial charge < -0.3 is 14.4 Å². The molecule has 0 bridgehead atoms. The van der Waals surface area contributed by atoms with Crippen molar-refractivity contribution >= 4 is 29.1 Å². The van der Waals surface area contributed by atoms with Crippen molar-refractivity contribution in [2.75, 3.05) is 11.5 Å². The molecule has 0 aliphatic carbocycles. The molecular formula is C30H29F2NO5. The van der Waals surface area contributed by atoms with Gasteiger partial charge in [0, 0.05) is 19.5 Å². The molecular weight excluding hydrogens is 492 g/mol. The van der Waals surface area contributed by atoms with Gasteiger partial charge in [-0.1, -0.05) is 37.8 Å². The van der Waals surface area contributed by atoms with Crippen molar-refractivity contribution in [3.63, 3.8) is 0 Å². The summed E-state index contributed by atoms with van der Waals surface area (Å²) >= 11 is 0. The number of amides is 1. The van der Waals surface area contributed by atoms with Crippen molar-refractivity contribution < 1.29 is 32.6 Å². The molecule has 4 rings (SSSR count). The number of allylic oxidation sites excluding steroid dienone is 1. The Balaban J connectivity index is 0.00000400. The minimum absolute atomic E-state index is 0. The Morgan fingerprint density at radius 3 is 2.00 bits per heavy atom. The van der Waals surface area contributed by atoms with Gasteiger partial charge in [0.05, 0.1) is 12.0 Å².